The van der Waals surface area contributed by atoms with Crippen molar-refractivity contribution >= 4 is 0 Å². The van der Waals surface area contributed by atoms with Crippen molar-refractivity contribution in [3.63, 3.8) is 0 Å². The van der Waals surface area contributed by atoms with Crippen molar-refractivity contribution in [2.24, 2.45) is 5.92 Å². The highest BCUT2D eigenvalue weighted by Crippen LogP contribution is 2.30. The van der Waals surface area contributed by atoms with Crippen LogP contribution in [0.1, 0.15) is 44.9 Å². The number of ether oxygens (including phenoxy) is 3. The quantitative estimate of drug-likeness (QED) is 0.487. The molecule has 1 heterocycles. The SMILES string of the molecule is COC1CCC(CNCCCCNC2CCCCN2)C(OC)C1OC. The van der Waals surface area contributed by atoms with Gasteiger partial charge < -0.3 is 30.2 Å². The molecular formula is C19H39N3O3. The first kappa shape index (κ1) is 21.1. The lowest BCUT2D eigenvalue weighted by Gasteiger charge is -2.40. The second-order valence-electron chi connectivity index (χ2n) is 7.38. The lowest BCUT2D eigenvalue weighted by molar-refractivity contribution is -0.148. The minimum absolute atomic E-state index is 0.0303. The predicted molar refractivity (Wildman–Crippen MR) is 101 cm³/mol. The van der Waals surface area contributed by atoms with Crippen LogP contribution in [0.4, 0.5) is 0 Å². The summed E-state index contributed by atoms with van der Waals surface area (Å²) in [5.74, 6) is 0.492. The van der Waals surface area contributed by atoms with Crippen LogP contribution in [0.5, 0.6) is 0 Å². The van der Waals surface area contributed by atoms with Gasteiger partial charge in [0.2, 0.25) is 0 Å². The van der Waals surface area contributed by atoms with Crippen molar-refractivity contribution < 1.29 is 14.2 Å². The van der Waals surface area contributed by atoms with Gasteiger partial charge in [0.05, 0.1) is 18.4 Å². The predicted octanol–water partition coefficient (Wildman–Crippen LogP) is 1.50. The third-order valence-corrected chi connectivity index (χ3v) is 5.71. The van der Waals surface area contributed by atoms with E-state index in [-0.39, 0.29) is 18.3 Å². The van der Waals surface area contributed by atoms with Gasteiger partial charge in [0.1, 0.15) is 6.10 Å². The maximum Gasteiger partial charge on any atom is 0.110 e. The van der Waals surface area contributed by atoms with Gasteiger partial charge in [-0.1, -0.05) is 0 Å². The minimum atomic E-state index is 0.0303. The van der Waals surface area contributed by atoms with Gasteiger partial charge in [0, 0.05) is 33.8 Å². The van der Waals surface area contributed by atoms with Crippen LogP contribution in [0.15, 0.2) is 0 Å². The van der Waals surface area contributed by atoms with Crippen molar-refractivity contribution in [1.82, 2.24) is 16.0 Å². The van der Waals surface area contributed by atoms with Crippen molar-refractivity contribution in [3.05, 3.63) is 0 Å². The maximum absolute atomic E-state index is 5.74. The third-order valence-electron chi connectivity index (χ3n) is 5.71. The van der Waals surface area contributed by atoms with Crippen molar-refractivity contribution in [2.75, 3.05) is 47.5 Å². The Hall–Kier alpha value is -0.240. The summed E-state index contributed by atoms with van der Waals surface area (Å²) >= 11 is 0. The van der Waals surface area contributed by atoms with Crippen molar-refractivity contribution in [2.45, 2.75) is 69.4 Å². The zero-order valence-electron chi connectivity index (χ0n) is 16.4. The van der Waals surface area contributed by atoms with E-state index in [2.05, 4.69) is 16.0 Å². The summed E-state index contributed by atoms with van der Waals surface area (Å²) in [5, 5.41) is 10.8. The molecule has 2 rings (SSSR count). The summed E-state index contributed by atoms with van der Waals surface area (Å²) in [6.07, 6.45) is 9.34. The molecular weight excluding hydrogens is 318 g/mol. The monoisotopic (exact) mass is 357 g/mol. The van der Waals surface area contributed by atoms with E-state index in [1.807, 2.05) is 0 Å². The molecule has 3 N–H and O–H groups in total. The molecule has 2 fully saturated rings. The normalized spacial score (nSPS) is 33.5. The smallest absolute Gasteiger partial charge is 0.110 e. The first-order valence-electron chi connectivity index (χ1n) is 10.1. The van der Waals surface area contributed by atoms with Gasteiger partial charge in [-0.2, -0.15) is 0 Å². The molecule has 25 heavy (non-hydrogen) atoms. The van der Waals surface area contributed by atoms with Gasteiger partial charge in [0.15, 0.2) is 0 Å². The Morgan fingerprint density at radius 3 is 2.36 bits per heavy atom. The van der Waals surface area contributed by atoms with E-state index in [0.717, 1.165) is 39.0 Å². The number of rotatable bonds is 11. The van der Waals surface area contributed by atoms with E-state index >= 15 is 0 Å². The molecule has 6 nitrogen and oxygen atoms in total. The van der Waals surface area contributed by atoms with E-state index < -0.39 is 0 Å². The molecule has 0 aromatic carbocycles. The molecule has 5 unspecified atom stereocenters. The largest absolute Gasteiger partial charge is 0.379 e. The Labute approximate surface area is 153 Å². The van der Waals surface area contributed by atoms with Gasteiger partial charge in [-0.15, -0.1) is 0 Å². The average molecular weight is 358 g/mol. The summed E-state index contributed by atoms with van der Waals surface area (Å²) < 4.78 is 17.0. The lowest BCUT2D eigenvalue weighted by Crippen LogP contribution is -2.51. The minimum Gasteiger partial charge on any atom is -0.379 e. The molecule has 5 atom stereocenters. The molecule has 0 amide bonds. The highest BCUT2D eigenvalue weighted by Gasteiger charge is 2.39. The Balaban J connectivity index is 1.56. The molecule has 0 radical (unpaired) electrons. The van der Waals surface area contributed by atoms with Gasteiger partial charge in [-0.3, -0.25) is 0 Å². The Morgan fingerprint density at radius 1 is 0.880 bits per heavy atom. The molecule has 0 aromatic heterocycles. The van der Waals surface area contributed by atoms with Gasteiger partial charge >= 0.3 is 0 Å². The zero-order valence-corrected chi connectivity index (χ0v) is 16.4. The van der Waals surface area contributed by atoms with Crippen molar-refractivity contribution in [3.8, 4) is 0 Å². The molecule has 1 saturated heterocycles. The number of piperidine rings is 1. The summed E-state index contributed by atoms with van der Waals surface area (Å²) in [6.45, 7) is 4.32. The van der Waals surface area contributed by atoms with E-state index in [0.29, 0.717) is 12.1 Å². The fourth-order valence-electron chi connectivity index (χ4n) is 4.23. The summed E-state index contributed by atoms with van der Waals surface area (Å²) in [7, 11) is 5.30. The number of hydrogen-bond acceptors (Lipinski definition) is 6. The van der Waals surface area contributed by atoms with Crippen LogP contribution in [-0.2, 0) is 14.2 Å². The summed E-state index contributed by atoms with van der Waals surface area (Å²) in [5.41, 5.74) is 0. The Kier molecular flexibility index (Phi) is 10.3. The molecule has 0 bridgehead atoms. The Morgan fingerprint density at radius 2 is 1.68 bits per heavy atom. The molecule has 0 spiro atoms. The number of unbranched alkanes of at least 4 members (excludes halogenated alkanes) is 1. The van der Waals surface area contributed by atoms with Crippen LogP contribution in [0.2, 0.25) is 0 Å². The topological polar surface area (TPSA) is 63.8 Å². The molecule has 1 aliphatic carbocycles. The number of nitrogens with one attached hydrogen (secondary N) is 3. The molecule has 1 aliphatic heterocycles. The number of methoxy groups -OCH3 is 3. The fourth-order valence-corrected chi connectivity index (χ4v) is 4.23. The van der Waals surface area contributed by atoms with Crippen LogP contribution >= 0.6 is 0 Å². The van der Waals surface area contributed by atoms with Gasteiger partial charge in [-0.25, -0.2) is 0 Å². The fraction of sp³-hybridized carbons (Fsp3) is 1.00. The van der Waals surface area contributed by atoms with Gasteiger partial charge in [-0.05, 0) is 64.6 Å². The van der Waals surface area contributed by atoms with Crippen LogP contribution < -0.4 is 16.0 Å². The standard InChI is InChI=1S/C19H39N3O3/c1-23-16-10-9-15(18(24-2)19(16)25-3)14-20-11-6-7-13-22-17-8-4-5-12-21-17/h15-22H,4-14H2,1-3H3. The van der Waals surface area contributed by atoms with E-state index in [4.69, 9.17) is 14.2 Å². The van der Waals surface area contributed by atoms with Crippen LogP contribution in [-0.4, -0.2) is 72.0 Å². The second kappa shape index (κ2) is 12.2. The number of hydrogen-bond donors (Lipinski definition) is 3. The van der Waals surface area contributed by atoms with Crippen molar-refractivity contribution in [1.29, 1.82) is 0 Å². The molecule has 2 aliphatic rings. The maximum atomic E-state index is 5.74. The lowest BCUT2D eigenvalue weighted by atomic mass is 9.82. The van der Waals surface area contributed by atoms with Crippen LogP contribution in [0.3, 0.4) is 0 Å². The first-order chi connectivity index (χ1) is 12.3. The average Bonchev–Trinajstić information content (AvgIpc) is 2.67. The molecule has 6 heteroatoms. The van der Waals surface area contributed by atoms with E-state index in [9.17, 15) is 0 Å². The highest BCUT2D eigenvalue weighted by molar-refractivity contribution is 4.91. The zero-order chi connectivity index (χ0) is 17.9. The van der Waals surface area contributed by atoms with E-state index in [1.165, 1.54) is 32.1 Å². The third kappa shape index (κ3) is 6.77. The summed E-state index contributed by atoms with van der Waals surface area (Å²) in [4.78, 5) is 0. The Bertz CT molecular complexity index is 340. The summed E-state index contributed by atoms with van der Waals surface area (Å²) in [6, 6.07) is 0. The highest BCUT2D eigenvalue weighted by atomic mass is 16.6. The van der Waals surface area contributed by atoms with Gasteiger partial charge in [0.25, 0.3) is 0 Å². The second-order valence-corrected chi connectivity index (χ2v) is 7.38. The van der Waals surface area contributed by atoms with Crippen LogP contribution in [0.25, 0.3) is 0 Å². The van der Waals surface area contributed by atoms with E-state index in [1.54, 1.807) is 21.3 Å². The first-order valence-corrected chi connectivity index (χ1v) is 10.1. The molecule has 1 saturated carbocycles. The molecule has 148 valence electrons. The van der Waals surface area contributed by atoms with Crippen LogP contribution in [0, 0.1) is 5.92 Å². The molecule has 0 aromatic rings.